The summed E-state index contributed by atoms with van der Waals surface area (Å²) in [6.45, 7) is 2.17. The summed E-state index contributed by atoms with van der Waals surface area (Å²) >= 11 is 0. The van der Waals surface area contributed by atoms with Gasteiger partial charge >= 0.3 is 5.97 Å². The van der Waals surface area contributed by atoms with Gasteiger partial charge in [0.15, 0.2) is 0 Å². The van der Waals surface area contributed by atoms with Crippen LogP contribution in [0.4, 0.5) is 0 Å². The summed E-state index contributed by atoms with van der Waals surface area (Å²) in [4.78, 5) is 10.2. The van der Waals surface area contributed by atoms with Gasteiger partial charge in [0.2, 0.25) is 0 Å². The standard InChI is InChI=1S/C12H22O3/c1-2-3-4-5-6-7-8-11(13)9-10-12(14)15/h6-7,11,13H,2-5,8-10H2,1H3,(H,14,15)/b7-6+. The van der Waals surface area contributed by atoms with Gasteiger partial charge in [0.05, 0.1) is 6.10 Å². The number of hydrogen-bond acceptors (Lipinski definition) is 2. The third kappa shape index (κ3) is 11.1. The Kier molecular flexibility index (Phi) is 9.18. The maximum absolute atomic E-state index is 10.2. The van der Waals surface area contributed by atoms with Crippen LogP contribution in [-0.4, -0.2) is 22.3 Å². The number of rotatable bonds is 9. The van der Waals surface area contributed by atoms with Crippen molar-refractivity contribution in [1.82, 2.24) is 0 Å². The summed E-state index contributed by atoms with van der Waals surface area (Å²) in [5.74, 6) is -0.846. The zero-order valence-electron chi connectivity index (χ0n) is 9.48. The van der Waals surface area contributed by atoms with Crippen LogP contribution in [-0.2, 0) is 4.79 Å². The highest BCUT2D eigenvalue weighted by Crippen LogP contribution is 2.05. The monoisotopic (exact) mass is 214 g/mol. The van der Waals surface area contributed by atoms with Crippen LogP contribution in [0, 0.1) is 0 Å². The predicted molar refractivity (Wildman–Crippen MR) is 60.8 cm³/mol. The van der Waals surface area contributed by atoms with E-state index in [1.165, 1.54) is 19.3 Å². The van der Waals surface area contributed by atoms with E-state index in [0.717, 1.165) is 6.42 Å². The van der Waals surface area contributed by atoms with Crippen LogP contribution < -0.4 is 0 Å². The highest BCUT2D eigenvalue weighted by molar-refractivity contribution is 5.66. The number of hydrogen-bond donors (Lipinski definition) is 2. The second-order valence-electron chi connectivity index (χ2n) is 3.79. The summed E-state index contributed by atoms with van der Waals surface area (Å²) in [6, 6.07) is 0. The minimum Gasteiger partial charge on any atom is -0.481 e. The molecule has 88 valence electrons. The van der Waals surface area contributed by atoms with E-state index in [2.05, 4.69) is 13.0 Å². The molecule has 3 nitrogen and oxygen atoms in total. The van der Waals surface area contributed by atoms with Crippen LogP contribution in [0.2, 0.25) is 0 Å². The van der Waals surface area contributed by atoms with E-state index < -0.39 is 12.1 Å². The molecule has 0 aromatic heterocycles. The Labute approximate surface area is 91.8 Å². The molecule has 0 fully saturated rings. The predicted octanol–water partition coefficient (Wildman–Crippen LogP) is 2.74. The molecule has 1 unspecified atom stereocenters. The molecule has 0 heterocycles. The van der Waals surface area contributed by atoms with E-state index in [9.17, 15) is 9.90 Å². The molecule has 0 saturated heterocycles. The number of aliphatic hydroxyl groups is 1. The van der Waals surface area contributed by atoms with Gasteiger partial charge in [-0.25, -0.2) is 0 Å². The van der Waals surface area contributed by atoms with Crippen molar-refractivity contribution >= 4 is 5.97 Å². The van der Waals surface area contributed by atoms with Crippen LogP contribution >= 0.6 is 0 Å². The average Bonchev–Trinajstić information content (AvgIpc) is 2.20. The van der Waals surface area contributed by atoms with E-state index in [-0.39, 0.29) is 6.42 Å². The van der Waals surface area contributed by atoms with E-state index in [1.807, 2.05) is 6.08 Å². The lowest BCUT2D eigenvalue weighted by Gasteiger charge is -2.04. The van der Waals surface area contributed by atoms with Gasteiger partial charge in [-0.15, -0.1) is 0 Å². The van der Waals surface area contributed by atoms with Gasteiger partial charge in [-0.2, -0.15) is 0 Å². The second-order valence-corrected chi connectivity index (χ2v) is 3.79. The van der Waals surface area contributed by atoms with Crippen molar-refractivity contribution in [3.05, 3.63) is 12.2 Å². The van der Waals surface area contributed by atoms with Crippen molar-refractivity contribution in [3.63, 3.8) is 0 Å². The molecule has 0 aliphatic rings. The average molecular weight is 214 g/mol. The summed E-state index contributed by atoms with van der Waals surface area (Å²) in [6.07, 6.45) is 9.17. The lowest BCUT2D eigenvalue weighted by atomic mass is 10.1. The second kappa shape index (κ2) is 9.71. The fourth-order valence-electron chi connectivity index (χ4n) is 1.29. The SMILES string of the molecule is CCCCC/C=C/CC(O)CCC(=O)O. The molecule has 0 spiro atoms. The third-order valence-electron chi connectivity index (χ3n) is 2.24. The van der Waals surface area contributed by atoms with Gasteiger partial charge < -0.3 is 10.2 Å². The van der Waals surface area contributed by atoms with E-state index in [0.29, 0.717) is 12.8 Å². The van der Waals surface area contributed by atoms with Gasteiger partial charge in [0, 0.05) is 6.42 Å². The number of allylic oxidation sites excluding steroid dienone is 1. The molecule has 0 amide bonds. The van der Waals surface area contributed by atoms with Crippen LogP contribution in [0.25, 0.3) is 0 Å². The fourth-order valence-corrected chi connectivity index (χ4v) is 1.29. The Morgan fingerprint density at radius 1 is 1.33 bits per heavy atom. The summed E-state index contributed by atoms with van der Waals surface area (Å²) in [5, 5.41) is 17.8. The van der Waals surface area contributed by atoms with Crippen LogP contribution in [0.5, 0.6) is 0 Å². The van der Waals surface area contributed by atoms with E-state index in [1.54, 1.807) is 0 Å². The third-order valence-corrected chi connectivity index (χ3v) is 2.24. The molecule has 0 aromatic carbocycles. The molecule has 2 N–H and O–H groups in total. The van der Waals surface area contributed by atoms with E-state index >= 15 is 0 Å². The Morgan fingerprint density at radius 2 is 2.07 bits per heavy atom. The van der Waals surface area contributed by atoms with Crippen molar-refractivity contribution in [3.8, 4) is 0 Å². The largest absolute Gasteiger partial charge is 0.481 e. The van der Waals surface area contributed by atoms with Crippen molar-refractivity contribution in [2.45, 2.75) is 58.0 Å². The molecule has 0 aliphatic carbocycles. The number of carbonyl (C=O) groups is 1. The van der Waals surface area contributed by atoms with Crippen molar-refractivity contribution < 1.29 is 15.0 Å². The minimum absolute atomic E-state index is 0.0465. The zero-order valence-corrected chi connectivity index (χ0v) is 9.48. The molecular formula is C12H22O3. The molecule has 0 bridgehead atoms. The van der Waals surface area contributed by atoms with Crippen molar-refractivity contribution in [2.75, 3.05) is 0 Å². The smallest absolute Gasteiger partial charge is 0.303 e. The quantitative estimate of drug-likeness (QED) is 0.458. The summed E-state index contributed by atoms with van der Waals surface area (Å²) < 4.78 is 0. The molecule has 1 atom stereocenters. The first-order valence-corrected chi connectivity index (χ1v) is 5.71. The molecule has 3 heteroatoms. The van der Waals surface area contributed by atoms with Crippen LogP contribution in [0.3, 0.4) is 0 Å². The minimum atomic E-state index is -0.846. The Hall–Kier alpha value is -0.830. The normalized spacial score (nSPS) is 13.2. The Bertz CT molecular complexity index is 187. The van der Waals surface area contributed by atoms with Crippen LogP contribution in [0.1, 0.15) is 51.9 Å². The Morgan fingerprint density at radius 3 is 2.67 bits per heavy atom. The lowest BCUT2D eigenvalue weighted by Crippen LogP contribution is -2.07. The van der Waals surface area contributed by atoms with E-state index in [4.69, 9.17) is 5.11 Å². The molecule has 0 aromatic rings. The van der Waals surface area contributed by atoms with Crippen LogP contribution in [0.15, 0.2) is 12.2 Å². The van der Waals surface area contributed by atoms with Gasteiger partial charge in [0.25, 0.3) is 0 Å². The van der Waals surface area contributed by atoms with Gasteiger partial charge in [0.1, 0.15) is 0 Å². The molecule has 15 heavy (non-hydrogen) atoms. The lowest BCUT2D eigenvalue weighted by molar-refractivity contribution is -0.137. The first-order chi connectivity index (χ1) is 7.16. The van der Waals surface area contributed by atoms with Gasteiger partial charge in [-0.1, -0.05) is 31.9 Å². The van der Waals surface area contributed by atoms with Gasteiger partial charge in [-0.3, -0.25) is 4.79 Å². The topological polar surface area (TPSA) is 57.5 Å². The molecule has 0 saturated carbocycles. The molecule has 0 aliphatic heterocycles. The first kappa shape index (κ1) is 14.2. The number of aliphatic carboxylic acids is 1. The summed E-state index contributed by atoms with van der Waals surface area (Å²) in [7, 11) is 0. The zero-order chi connectivity index (χ0) is 11.5. The molecular weight excluding hydrogens is 192 g/mol. The first-order valence-electron chi connectivity index (χ1n) is 5.71. The fraction of sp³-hybridized carbons (Fsp3) is 0.750. The number of aliphatic hydroxyl groups excluding tert-OH is 1. The number of carboxylic acid groups (broad SMARTS) is 1. The van der Waals surface area contributed by atoms with Crippen molar-refractivity contribution in [1.29, 1.82) is 0 Å². The maximum atomic E-state index is 10.2. The van der Waals surface area contributed by atoms with Gasteiger partial charge in [-0.05, 0) is 25.7 Å². The number of carboxylic acids is 1. The maximum Gasteiger partial charge on any atom is 0.303 e. The molecule has 0 radical (unpaired) electrons. The molecule has 0 rings (SSSR count). The highest BCUT2D eigenvalue weighted by atomic mass is 16.4. The highest BCUT2D eigenvalue weighted by Gasteiger charge is 2.04. The number of unbranched alkanes of at least 4 members (excludes halogenated alkanes) is 3. The van der Waals surface area contributed by atoms with Crippen molar-refractivity contribution in [2.24, 2.45) is 0 Å². The summed E-state index contributed by atoms with van der Waals surface area (Å²) in [5.41, 5.74) is 0. The Balaban J connectivity index is 3.36.